The van der Waals surface area contributed by atoms with Gasteiger partial charge in [-0.15, -0.1) is 0 Å². The van der Waals surface area contributed by atoms with Gasteiger partial charge in [-0.25, -0.2) is 4.98 Å². The Morgan fingerprint density at radius 2 is 1.80 bits per heavy atom. The van der Waals surface area contributed by atoms with Gasteiger partial charge in [0.25, 0.3) is 5.88 Å². The molecule has 0 radical (unpaired) electrons. The largest absolute Gasteiger partial charge is 0.489 e. The van der Waals surface area contributed by atoms with Crippen molar-refractivity contribution in [3.8, 4) is 17.4 Å². The molecule has 0 N–H and O–H groups in total. The summed E-state index contributed by atoms with van der Waals surface area (Å²) in [6.45, 7) is 2.50. The standard InChI is InChI=1S/C19H16N2O4/c1-14-4-2-5-15(12-14)13-24-16-7-9-17(10-8-16)25-19-18(21(22)23)6-3-11-20-19/h2-12H,13H2,1H3. The maximum absolute atomic E-state index is 11.0. The number of ether oxygens (including phenoxy) is 2. The van der Waals surface area contributed by atoms with Crippen molar-refractivity contribution < 1.29 is 14.4 Å². The van der Waals surface area contributed by atoms with Crippen LogP contribution in [0.5, 0.6) is 17.4 Å². The molecule has 25 heavy (non-hydrogen) atoms. The lowest BCUT2D eigenvalue weighted by Gasteiger charge is -2.08. The molecule has 0 aliphatic rings. The average molecular weight is 336 g/mol. The monoisotopic (exact) mass is 336 g/mol. The highest BCUT2D eigenvalue weighted by Gasteiger charge is 2.16. The molecule has 0 unspecified atom stereocenters. The van der Waals surface area contributed by atoms with Crippen molar-refractivity contribution in [2.24, 2.45) is 0 Å². The summed E-state index contributed by atoms with van der Waals surface area (Å²) in [7, 11) is 0. The number of hydrogen-bond acceptors (Lipinski definition) is 5. The zero-order chi connectivity index (χ0) is 17.6. The van der Waals surface area contributed by atoms with Gasteiger partial charge in [0.2, 0.25) is 0 Å². The number of benzene rings is 2. The van der Waals surface area contributed by atoms with Crippen LogP contribution in [0.15, 0.2) is 66.9 Å². The normalized spacial score (nSPS) is 10.3. The van der Waals surface area contributed by atoms with E-state index in [4.69, 9.17) is 9.47 Å². The van der Waals surface area contributed by atoms with Gasteiger partial charge in [-0.05, 0) is 42.8 Å². The molecule has 1 heterocycles. The number of hydrogen-bond donors (Lipinski definition) is 0. The van der Waals surface area contributed by atoms with Crippen LogP contribution in [-0.4, -0.2) is 9.91 Å². The molecule has 0 spiro atoms. The minimum absolute atomic E-state index is 0.0408. The van der Waals surface area contributed by atoms with Crippen molar-refractivity contribution in [1.29, 1.82) is 0 Å². The number of rotatable bonds is 6. The quantitative estimate of drug-likeness (QED) is 0.483. The van der Waals surface area contributed by atoms with Crippen LogP contribution in [0.2, 0.25) is 0 Å². The molecule has 0 aliphatic carbocycles. The second-order valence-corrected chi connectivity index (χ2v) is 5.44. The lowest BCUT2D eigenvalue weighted by atomic mass is 10.1. The highest BCUT2D eigenvalue weighted by Crippen LogP contribution is 2.29. The van der Waals surface area contributed by atoms with Gasteiger partial charge in [0.15, 0.2) is 0 Å². The SMILES string of the molecule is Cc1cccc(COc2ccc(Oc3ncccc3[N+](=O)[O-])cc2)c1. The summed E-state index contributed by atoms with van der Waals surface area (Å²) in [6, 6.07) is 17.8. The van der Waals surface area contributed by atoms with Crippen LogP contribution in [0.1, 0.15) is 11.1 Å². The molecule has 0 bridgehead atoms. The molecule has 0 amide bonds. The lowest BCUT2D eigenvalue weighted by Crippen LogP contribution is -1.97. The Labute approximate surface area is 144 Å². The van der Waals surface area contributed by atoms with E-state index in [-0.39, 0.29) is 11.6 Å². The summed E-state index contributed by atoms with van der Waals surface area (Å²) >= 11 is 0. The van der Waals surface area contributed by atoms with Crippen molar-refractivity contribution in [2.75, 3.05) is 0 Å². The Morgan fingerprint density at radius 1 is 1.04 bits per heavy atom. The Bertz CT molecular complexity index is 879. The summed E-state index contributed by atoms with van der Waals surface area (Å²) in [5.74, 6) is 1.09. The molecular formula is C19H16N2O4. The first-order valence-corrected chi connectivity index (χ1v) is 7.67. The topological polar surface area (TPSA) is 74.5 Å². The van der Waals surface area contributed by atoms with Gasteiger partial charge < -0.3 is 9.47 Å². The van der Waals surface area contributed by atoms with E-state index in [0.717, 1.165) is 5.56 Å². The highest BCUT2D eigenvalue weighted by molar-refractivity contribution is 5.43. The zero-order valence-electron chi connectivity index (χ0n) is 13.6. The maximum Gasteiger partial charge on any atom is 0.331 e. The molecule has 0 fully saturated rings. The molecule has 3 rings (SSSR count). The first-order valence-electron chi connectivity index (χ1n) is 7.67. The van der Waals surface area contributed by atoms with E-state index in [0.29, 0.717) is 18.1 Å². The van der Waals surface area contributed by atoms with E-state index in [1.165, 1.54) is 23.9 Å². The minimum Gasteiger partial charge on any atom is -0.489 e. The lowest BCUT2D eigenvalue weighted by molar-refractivity contribution is -0.386. The van der Waals surface area contributed by atoms with E-state index in [9.17, 15) is 10.1 Å². The predicted octanol–water partition coefficient (Wildman–Crippen LogP) is 4.67. The van der Waals surface area contributed by atoms with E-state index in [2.05, 4.69) is 11.1 Å². The Hall–Kier alpha value is -3.41. The molecule has 0 saturated heterocycles. The van der Waals surface area contributed by atoms with Crippen LogP contribution >= 0.6 is 0 Å². The Morgan fingerprint density at radius 3 is 2.52 bits per heavy atom. The molecule has 3 aromatic rings. The number of nitrogens with zero attached hydrogens (tertiary/aromatic N) is 2. The smallest absolute Gasteiger partial charge is 0.331 e. The van der Waals surface area contributed by atoms with Crippen molar-refractivity contribution in [3.05, 3.63) is 88.1 Å². The minimum atomic E-state index is -0.526. The summed E-state index contributed by atoms with van der Waals surface area (Å²) < 4.78 is 11.2. The third-order valence-corrected chi connectivity index (χ3v) is 3.47. The average Bonchev–Trinajstić information content (AvgIpc) is 2.61. The van der Waals surface area contributed by atoms with E-state index in [1.807, 2.05) is 25.1 Å². The van der Waals surface area contributed by atoms with Crippen molar-refractivity contribution in [3.63, 3.8) is 0 Å². The third kappa shape index (κ3) is 4.32. The Balaban J connectivity index is 1.65. The number of pyridine rings is 1. The van der Waals surface area contributed by atoms with Crippen molar-refractivity contribution in [2.45, 2.75) is 13.5 Å². The van der Waals surface area contributed by atoms with E-state index >= 15 is 0 Å². The number of nitro groups is 1. The fourth-order valence-corrected chi connectivity index (χ4v) is 2.28. The van der Waals surface area contributed by atoms with Crippen LogP contribution in [0.3, 0.4) is 0 Å². The van der Waals surface area contributed by atoms with Crippen LogP contribution in [0.4, 0.5) is 5.69 Å². The van der Waals surface area contributed by atoms with Gasteiger partial charge in [-0.1, -0.05) is 29.8 Å². The second-order valence-electron chi connectivity index (χ2n) is 5.44. The highest BCUT2D eigenvalue weighted by atomic mass is 16.6. The molecule has 0 atom stereocenters. The fraction of sp³-hybridized carbons (Fsp3) is 0.105. The third-order valence-electron chi connectivity index (χ3n) is 3.47. The molecule has 0 aliphatic heterocycles. The molecule has 1 aromatic heterocycles. The van der Waals surface area contributed by atoms with Gasteiger partial charge in [0.05, 0.1) is 4.92 Å². The van der Waals surface area contributed by atoms with Crippen molar-refractivity contribution in [1.82, 2.24) is 4.98 Å². The maximum atomic E-state index is 11.0. The molecule has 6 nitrogen and oxygen atoms in total. The van der Waals surface area contributed by atoms with E-state index in [1.54, 1.807) is 24.3 Å². The van der Waals surface area contributed by atoms with Gasteiger partial charge in [0.1, 0.15) is 18.1 Å². The molecule has 6 heteroatoms. The first kappa shape index (κ1) is 16.4. The molecule has 126 valence electrons. The van der Waals surface area contributed by atoms with Crippen molar-refractivity contribution >= 4 is 5.69 Å². The van der Waals surface area contributed by atoms with Crippen LogP contribution in [-0.2, 0) is 6.61 Å². The molecule has 0 saturated carbocycles. The second kappa shape index (κ2) is 7.44. The van der Waals surface area contributed by atoms with Crippen LogP contribution in [0, 0.1) is 17.0 Å². The zero-order valence-corrected chi connectivity index (χ0v) is 13.6. The molecule has 2 aromatic carbocycles. The van der Waals surface area contributed by atoms with E-state index < -0.39 is 4.92 Å². The summed E-state index contributed by atoms with van der Waals surface area (Å²) in [4.78, 5) is 14.4. The van der Waals surface area contributed by atoms with Gasteiger partial charge in [0, 0.05) is 12.3 Å². The first-order chi connectivity index (χ1) is 12.1. The van der Waals surface area contributed by atoms with Crippen LogP contribution in [0.25, 0.3) is 0 Å². The molecular weight excluding hydrogens is 320 g/mol. The summed E-state index contributed by atoms with van der Waals surface area (Å²) in [5, 5.41) is 11.0. The fourth-order valence-electron chi connectivity index (χ4n) is 2.28. The Kier molecular flexibility index (Phi) is 4.89. The van der Waals surface area contributed by atoms with Crippen LogP contribution < -0.4 is 9.47 Å². The van der Waals surface area contributed by atoms with Gasteiger partial charge in [-0.2, -0.15) is 0 Å². The van der Waals surface area contributed by atoms with Gasteiger partial charge in [-0.3, -0.25) is 10.1 Å². The number of aryl methyl sites for hydroxylation is 1. The summed E-state index contributed by atoms with van der Waals surface area (Å²) in [5.41, 5.74) is 2.09. The predicted molar refractivity (Wildman–Crippen MR) is 92.9 cm³/mol. The number of aromatic nitrogens is 1. The van der Waals surface area contributed by atoms with Gasteiger partial charge >= 0.3 is 5.69 Å². The summed E-state index contributed by atoms with van der Waals surface area (Å²) in [6.07, 6.45) is 1.45.